The van der Waals surface area contributed by atoms with Gasteiger partial charge in [0.05, 0.1) is 16.1 Å². The van der Waals surface area contributed by atoms with Gasteiger partial charge in [-0.3, -0.25) is 14.3 Å². The Morgan fingerprint density at radius 1 is 0.968 bits per heavy atom. The third-order valence-corrected chi connectivity index (χ3v) is 6.42. The van der Waals surface area contributed by atoms with Crippen LogP contribution in [0.4, 0.5) is 17.1 Å². The molecule has 1 aliphatic rings. The molecule has 0 radical (unpaired) electrons. The molecule has 2 amide bonds. The molecule has 3 aromatic rings. The van der Waals surface area contributed by atoms with Crippen molar-refractivity contribution >= 4 is 50.5 Å². The number of nitrogens with one attached hydrogen (secondary N) is 3. The molecule has 0 bridgehead atoms. The van der Waals surface area contributed by atoms with Gasteiger partial charge >= 0.3 is 0 Å². The smallest absolute Gasteiger partial charge is 0.261 e. The maximum atomic E-state index is 13.0. The van der Waals surface area contributed by atoms with Gasteiger partial charge in [-0.2, -0.15) is 0 Å². The molecule has 3 N–H and O–H groups in total. The first-order valence-corrected chi connectivity index (χ1v) is 11.3. The van der Waals surface area contributed by atoms with Gasteiger partial charge < -0.3 is 10.6 Å². The van der Waals surface area contributed by atoms with E-state index in [0.717, 1.165) is 5.56 Å². The Kier molecular flexibility index (Phi) is 5.67. The molecular weight excluding hydrogens is 438 g/mol. The summed E-state index contributed by atoms with van der Waals surface area (Å²) in [4.78, 5) is 24.3. The highest BCUT2D eigenvalue weighted by Crippen LogP contribution is 2.27. The summed E-state index contributed by atoms with van der Waals surface area (Å²) in [6.07, 6.45) is 0.766. The molecule has 0 saturated carbocycles. The molecule has 0 unspecified atom stereocenters. The monoisotopic (exact) mass is 455 g/mol. The van der Waals surface area contributed by atoms with E-state index in [2.05, 4.69) is 15.4 Å². The highest BCUT2D eigenvalue weighted by molar-refractivity contribution is 7.92. The fourth-order valence-electron chi connectivity index (χ4n) is 3.23. The van der Waals surface area contributed by atoms with Crippen molar-refractivity contribution in [2.24, 2.45) is 0 Å². The topological polar surface area (TPSA) is 104 Å². The van der Waals surface area contributed by atoms with Crippen LogP contribution in [-0.2, 0) is 21.2 Å². The number of sulfonamides is 1. The lowest BCUT2D eigenvalue weighted by atomic mass is 10.0. The Hall–Kier alpha value is -3.36. The van der Waals surface area contributed by atoms with Crippen LogP contribution in [0.2, 0.25) is 5.02 Å². The number of aryl methyl sites for hydroxylation is 1. The summed E-state index contributed by atoms with van der Waals surface area (Å²) in [6, 6.07) is 17.5. The van der Waals surface area contributed by atoms with Crippen LogP contribution in [0, 0.1) is 0 Å². The van der Waals surface area contributed by atoms with E-state index < -0.39 is 15.9 Å². The summed E-state index contributed by atoms with van der Waals surface area (Å²) in [5.74, 6) is -0.560. The quantitative estimate of drug-likeness (QED) is 0.534. The summed E-state index contributed by atoms with van der Waals surface area (Å²) in [7, 11) is -3.95. The second-order valence-electron chi connectivity index (χ2n) is 6.98. The van der Waals surface area contributed by atoms with Crippen LogP contribution in [0.15, 0.2) is 71.6 Å². The van der Waals surface area contributed by atoms with E-state index in [4.69, 9.17) is 11.6 Å². The van der Waals surface area contributed by atoms with E-state index in [1.54, 1.807) is 42.5 Å². The average Bonchev–Trinajstić information content (AvgIpc) is 2.75. The van der Waals surface area contributed by atoms with Crippen LogP contribution in [0.3, 0.4) is 0 Å². The van der Waals surface area contributed by atoms with E-state index in [9.17, 15) is 18.0 Å². The molecule has 4 rings (SSSR count). The van der Waals surface area contributed by atoms with Crippen LogP contribution < -0.4 is 15.4 Å². The highest BCUT2D eigenvalue weighted by atomic mass is 35.5. The standard InChI is InChI=1S/C22H18ClN3O4S/c23-15-6-8-16(9-7-15)24-22(28)18-3-1-2-4-20(18)26-31(29,30)17-10-11-19-14(13-17)5-12-21(27)25-19/h1-4,6-11,13,26H,5,12H2,(H,24,28)(H,25,27). The lowest BCUT2D eigenvalue weighted by Crippen LogP contribution is -2.21. The van der Waals surface area contributed by atoms with E-state index in [1.165, 1.54) is 24.3 Å². The Labute approximate surface area is 184 Å². The average molecular weight is 456 g/mol. The van der Waals surface area contributed by atoms with E-state index >= 15 is 0 Å². The zero-order valence-electron chi connectivity index (χ0n) is 16.2. The lowest BCUT2D eigenvalue weighted by molar-refractivity contribution is -0.116. The summed E-state index contributed by atoms with van der Waals surface area (Å²) < 4.78 is 28.5. The first-order valence-electron chi connectivity index (χ1n) is 9.43. The molecule has 7 nitrogen and oxygen atoms in total. The minimum atomic E-state index is -3.95. The molecule has 0 spiro atoms. The lowest BCUT2D eigenvalue weighted by Gasteiger charge is -2.18. The number of anilines is 3. The molecule has 0 aromatic heterocycles. The first-order chi connectivity index (χ1) is 14.8. The summed E-state index contributed by atoms with van der Waals surface area (Å²) >= 11 is 5.86. The largest absolute Gasteiger partial charge is 0.326 e. The first kappa shape index (κ1) is 20.9. The molecule has 3 aromatic carbocycles. The number of rotatable bonds is 5. The van der Waals surface area contributed by atoms with Crippen molar-refractivity contribution in [1.29, 1.82) is 0 Å². The molecule has 0 atom stereocenters. The molecule has 9 heteroatoms. The van der Waals surface area contributed by atoms with Crippen LogP contribution in [0.5, 0.6) is 0 Å². The zero-order chi connectivity index (χ0) is 22.0. The maximum absolute atomic E-state index is 13.0. The number of halogens is 1. The molecule has 0 aliphatic carbocycles. The van der Waals surface area contributed by atoms with Gasteiger partial charge in [0.1, 0.15) is 0 Å². The maximum Gasteiger partial charge on any atom is 0.261 e. The Morgan fingerprint density at radius 3 is 2.48 bits per heavy atom. The Bertz CT molecular complexity index is 1270. The minimum absolute atomic E-state index is 0.0512. The van der Waals surface area contributed by atoms with Gasteiger partial charge in [0.25, 0.3) is 15.9 Å². The Morgan fingerprint density at radius 2 is 1.71 bits per heavy atom. The number of hydrogen-bond acceptors (Lipinski definition) is 4. The number of carbonyl (C=O) groups is 2. The van der Waals surface area contributed by atoms with Gasteiger partial charge in [-0.25, -0.2) is 8.42 Å². The fraction of sp³-hybridized carbons (Fsp3) is 0.0909. The second kappa shape index (κ2) is 8.41. The van der Waals surface area contributed by atoms with Crippen LogP contribution in [-0.4, -0.2) is 20.2 Å². The minimum Gasteiger partial charge on any atom is -0.326 e. The number of carbonyl (C=O) groups excluding carboxylic acids is 2. The summed E-state index contributed by atoms with van der Waals surface area (Å²) in [5, 5.41) is 5.99. The van der Waals surface area contributed by atoms with Crippen LogP contribution in [0.25, 0.3) is 0 Å². The van der Waals surface area contributed by atoms with Gasteiger partial charge in [0.2, 0.25) is 5.91 Å². The summed E-state index contributed by atoms with van der Waals surface area (Å²) in [6.45, 7) is 0. The van der Waals surface area contributed by atoms with Crippen molar-refractivity contribution < 1.29 is 18.0 Å². The van der Waals surface area contributed by atoms with Gasteiger partial charge in [-0.15, -0.1) is 0 Å². The molecule has 0 fully saturated rings. The number of para-hydroxylation sites is 1. The predicted octanol–water partition coefficient (Wildman–Crippen LogP) is 4.28. The number of benzene rings is 3. The third-order valence-electron chi connectivity index (χ3n) is 4.80. The molecular formula is C22H18ClN3O4S. The molecule has 31 heavy (non-hydrogen) atoms. The molecule has 158 valence electrons. The zero-order valence-corrected chi connectivity index (χ0v) is 17.8. The SMILES string of the molecule is O=C1CCc2cc(S(=O)(=O)Nc3ccccc3C(=O)Nc3ccc(Cl)cc3)ccc2N1. The third kappa shape index (κ3) is 4.70. The molecule has 1 aliphatic heterocycles. The fourth-order valence-corrected chi connectivity index (χ4v) is 4.49. The summed E-state index contributed by atoms with van der Waals surface area (Å²) in [5.41, 5.74) is 2.21. The number of hydrogen-bond donors (Lipinski definition) is 3. The molecule has 0 saturated heterocycles. The van der Waals surface area contributed by atoms with Crippen molar-refractivity contribution in [2.45, 2.75) is 17.7 Å². The van der Waals surface area contributed by atoms with E-state index in [1.807, 2.05) is 0 Å². The van der Waals surface area contributed by atoms with E-state index in [0.29, 0.717) is 29.2 Å². The number of fused-ring (bicyclic) bond motifs is 1. The van der Waals surface area contributed by atoms with Gasteiger partial charge in [-0.1, -0.05) is 23.7 Å². The van der Waals surface area contributed by atoms with Crippen molar-refractivity contribution in [1.82, 2.24) is 0 Å². The van der Waals surface area contributed by atoms with Gasteiger partial charge in [0.15, 0.2) is 0 Å². The van der Waals surface area contributed by atoms with Crippen molar-refractivity contribution in [2.75, 3.05) is 15.4 Å². The van der Waals surface area contributed by atoms with Crippen molar-refractivity contribution in [3.8, 4) is 0 Å². The highest BCUT2D eigenvalue weighted by Gasteiger charge is 2.22. The van der Waals surface area contributed by atoms with E-state index in [-0.39, 0.29) is 22.1 Å². The van der Waals surface area contributed by atoms with Gasteiger partial charge in [0, 0.05) is 22.8 Å². The van der Waals surface area contributed by atoms with Crippen LogP contribution in [0.1, 0.15) is 22.3 Å². The molecule has 1 heterocycles. The van der Waals surface area contributed by atoms with Crippen LogP contribution >= 0.6 is 11.6 Å². The number of amides is 2. The van der Waals surface area contributed by atoms with Crippen molar-refractivity contribution in [3.05, 3.63) is 82.9 Å². The normalized spacial score (nSPS) is 13.1. The van der Waals surface area contributed by atoms with Crippen molar-refractivity contribution in [3.63, 3.8) is 0 Å². The van der Waals surface area contributed by atoms with Gasteiger partial charge in [-0.05, 0) is 66.6 Å². The second-order valence-corrected chi connectivity index (χ2v) is 9.10. The predicted molar refractivity (Wildman–Crippen MR) is 120 cm³/mol. The Balaban J connectivity index is 1.58.